The monoisotopic (exact) mass is 485 g/mol. The van der Waals surface area contributed by atoms with Gasteiger partial charge in [-0.05, 0) is 74.9 Å². The molecule has 1 saturated heterocycles. The van der Waals surface area contributed by atoms with E-state index in [1.165, 1.54) is 24.8 Å². The van der Waals surface area contributed by atoms with Crippen LogP contribution in [0.3, 0.4) is 0 Å². The Bertz CT molecular complexity index is 1220. The first-order valence-corrected chi connectivity index (χ1v) is 13.5. The fraction of sp³-hybridized carbons (Fsp3) is 0.483. The highest BCUT2D eigenvalue weighted by atomic mass is 16.5. The number of nitrogens with one attached hydrogen (secondary N) is 1. The normalized spacial score (nSPS) is 22.3. The lowest BCUT2D eigenvalue weighted by Crippen LogP contribution is -2.47. The van der Waals surface area contributed by atoms with Gasteiger partial charge in [0.1, 0.15) is 0 Å². The zero-order valence-corrected chi connectivity index (χ0v) is 20.9. The molecule has 4 heterocycles. The molecule has 0 radical (unpaired) electrons. The van der Waals surface area contributed by atoms with E-state index < -0.39 is 0 Å². The maximum atomic E-state index is 12.8. The third-order valence-corrected chi connectivity index (χ3v) is 8.16. The number of anilines is 1. The Morgan fingerprint density at radius 1 is 1.00 bits per heavy atom. The Labute approximate surface area is 212 Å². The SMILES string of the molecule is O=C(NC1CCC(CCN2CCN(c3nccc4c3OCC4)CC2)CC1)c1ccc2ncccc2c1. The Balaban J connectivity index is 0.928. The number of nitrogens with zero attached hydrogens (tertiary/aromatic N) is 4. The topological polar surface area (TPSA) is 70.6 Å². The molecule has 1 N–H and O–H groups in total. The van der Waals surface area contributed by atoms with Gasteiger partial charge >= 0.3 is 0 Å². The second-order valence-electron chi connectivity index (χ2n) is 10.4. The first kappa shape index (κ1) is 23.2. The van der Waals surface area contributed by atoms with Crippen LogP contribution >= 0.6 is 0 Å². The van der Waals surface area contributed by atoms with Gasteiger partial charge in [-0.1, -0.05) is 6.07 Å². The molecule has 3 aliphatic rings. The molecule has 3 aromatic rings. The number of carbonyl (C=O) groups is 1. The summed E-state index contributed by atoms with van der Waals surface area (Å²) in [6.45, 7) is 6.13. The summed E-state index contributed by atoms with van der Waals surface area (Å²) >= 11 is 0. The maximum absolute atomic E-state index is 12.8. The van der Waals surface area contributed by atoms with Crippen molar-refractivity contribution < 1.29 is 9.53 Å². The molecule has 0 atom stereocenters. The number of piperazine rings is 1. The maximum Gasteiger partial charge on any atom is 0.251 e. The average Bonchev–Trinajstić information content (AvgIpc) is 3.42. The van der Waals surface area contributed by atoms with Crippen molar-refractivity contribution >= 4 is 22.6 Å². The molecule has 1 aromatic carbocycles. The molecule has 2 aromatic heterocycles. The van der Waals surface area contributed by atoms with Crippen molar-refractivity contribution in [2.75, 3.05) is 44.2 Å². The summed E-state index contributed by atoms with van der Waals surface area (Å²) in [7, 11) is 0. The fourth-order valence-corrected chi connectivity index (χ4v) is 5.95. The lowest BCUT2D eigenvalue weighted by molar-refractivity contribution is 0.0920. The Hall–Kier alpha value is -3.19. The van der Waals surface area contributed by atoms with Gasteiger partial charge in [-0.15, -0.1) is 0 Å². The van der Waals surface area contributed by atoms with Crippen LogP contribution < -0.4 is 15.0 Å². The number of pyridine rings is 2. The summed E-state index contributed by atoms with van der Waals surface area (Å²) < 4.78 is 5.86. The van der Waals surface area contributed by atoms with Gasteiger partial charge in [0.2, 0.25) is 0 Å². The number of aromatic nitrogens is 2. The summed E-state index contributed by atoms with van der Waals surface area (Å²) in [4.78, 5) is 26.8. The molecular weight excluding hydrogens is 450 g/mol. The van der Waals surface area contributed by atoms with Crippen molar-refractivity contribution in [2.24, 2.45) is 5.92 Å². The molecule has 2 aliphatic heterocycles. The van der Waals surface area contributed by atoms with Crippen LogP contribution in [0.25, 0.3) is 10.9 Å². The highest BCUT2D eigenvalue weighted by Gasteiger charge is 2.26. The van der Waals surface area contributed by atoms with Crippen LogP contribution in [0.15, 0.2) is 48.8 Å². The summed E-state index contributed by atoms with van der Waals surface area (Å²) in [6, 6.07) is 12.0. The van der Waals surface area contributed by atoms with Crippen molar-refractivity contribution in [2.45, 2.75) is 44.6 Å². The van der Waals surface area contributed by atoms with E-state index in [9.17, 15) is 4.79 Å². The van der Waals surface area contributed by atoms with E-state index >= 15 is 0 Å². The van der Waals surface area contributed by atoms with Gasteiger partial charge in [-0.25, -0.2) is 4.98 Å². The van der Waals surface area contributed by atoms with Crippen LogP contribution in [0.4, 0.5) is 5.82 Å². The van der Waals surface area contributed by atoms with Gasteiger partial charge < -0.3 is 15.0 Å². The molecule has 1 aliphatic carbocycles. The van der Waals surface area contributed by atoms with Gasteiger partial charge in [-0.2, -0.15) is 0 Å². The number of hydrogen-bond acceptors (Lipinski definition) is 6. The second kappa shape index (κ2) is 10.4. The zero-order chi connectivity index (χ0) is 24.3. The number of hydrogen-bond donors (Lipinski definition) is 1. The van der Waals surface area contributed by atoms with Gasteiger partial charge in [0.25, 0.3) is 5.91 Å². The van der Waals surface area contributed by atoms with E-state index in [4.69, 9.17) is 4.74 Å². The lowest BCUT2D eigenvalue weighted by atomic mass is 9.84. The summed E-state index contributed by atoms with van der Waals surface area (Å²) in [5.74, 6) is 2.83. The van der Waals surface area contributed by atoms with Crippen molar-refractivity contribution in [1.82, 2.24) is 20.2 Å². The number of benzene rings is 1. The number of ether oxygens (including phenoxy) is 1. The van der Waals surface area contributed by atoms with Crippen LogP contribution in [0.1, 0.15) is 48.0 Å². The molecule has 7 nitrogen and oxygen atoms in total. The van der Waals surface area contributed by atoms with Gasteiger partial charge in [-0.3, -0.25) is 14.7 Å². The third-order valence-electron chi connectivity index (χ3n) is 8.16. The van der Waals surface area contributed by atoms with Crippen LogP contribution in [-0.4, -0.2) is 66.1 Å². The zero-order valence-electron chi connectivity index (χ0n) is 20.9. The average molecular weight is 486 g/mol. The quantitative estimate of drug-likeness (QED) is 0.568. The van der Waals surface area contributed by atoms with E-state index in [1.807, 2.05) is 36.5 Å². The van der Waals surface area contributed by atoms with E-state index in [1.54, 1.807) is 6.20 Å². The predicted molar refractivity (Wildman–Crippen MR) is 142 cm³/mol. The minimum absolute atomic E-state index is 0.0334. The molecule has 1 saturated carbocycles. The molecule has 0 spiro atoms. The molecule has 2 fully saturated rings. The third kappa shape index (κ3) is 5.03. The van der Waals surface area contributed by atoms with Crippen LogP contribution in [0.5, 0.6) is 5.75 Å². The van der Waals surface area contributed by atoms with Crippen LogP contribution in [0.2, 0.25) is 0 Å². The first-order valence-electron chi connectivity index (χ1n) is 13.5. The van der Waals surface area contributed by atoms with Crippen molar-refractivity contribution in [3.8, 4) is 5.75 Å². The van der Waals surface area contributed by atoms with Gasteiger partial charge in [0.15, 0.2) is 11.6 Å². The molecule has 0 unspecified atom stereocenters. The predicted octanol–water partition coefficient (Wildman–Crippen LogP) is 4.07. The fourth-order valence-electron chi connectivity index (χ4n) is 5.95. The Kier molecular flexibility index (Phi) is 6.73. The standard InChI is InChI=1S/C29H35N5O2/c35-29(24-5-8-26-23(20-24)2-1-12-30-26)32-25-6-3-21(4-7-25)10-14-33-15-17-34(18-16-33)28-27-22(9-13-31-28)11-19-36-27/h1-2,5,8-9,12-13,20-21,25H,3-4,6-7,10-11,14-19H2,(H,32,35). The minimum Gasteiger partial charge on any atom is -0.489 e. The second-order valence-corrected chi connectivity index (χ2v) is 10.4. The highest BCUT2D eigenvalue weighted by Crippen LogP contribution is 2.34. The van der Waals surface area contributed by atoms with Crippen LogP contribution in [-0.2, 0) is 6.42 Å². The number of amides is 1. The van der Waals surface area contributed by atoms with Crippen molar-refractivity contribution in [1.29, 1.82) is 0 Å². The molecule has 7 heteroatoms. The lowest BCUT2D eigenvalue weighted by Gasteiger charge is -2.37. The van der Waals surface area contributed by atoms with Crippen molar-refractivity contribution in [3.05, 3.63) is 59.9 Å². The Morgan fingerprint density at radius 3 is 2.72 bits per heavy atom. The van der Waals surface area contributed by atoms with E-state index in [-0.39, 0.29) is 11.9 Å². The largest absolute Gasteiger partial charge is 0.489 e. The summed E-state index contributed by atoms with van der Waals surface area (Å²) in [6.07, 6.45) is 10.5. The van der Waals surface area contributed by atoms with Crippen molar-refractivity contribution in [3.63, 3.8) is 0 Å². The summed E-state index contributed by atoms with van der Waals surface area (Å²) in [5, 5.41) is 4.28. The van der Waals surface area contributed by atoms with E-state index in [0.29, 0.717) is 0 Å². The van der Waals surface area contributed by atoms with Crippen LogP contribution in [0, 0.1) is 5.92 Å². The number of rotatable bonds is 6. The number of carbonyl (C=O) groups excluding carboxylic acids is 1. The van der Waals surface area contributed by atoms with Gasteiger partial charge in [0.05, 0.1) is 12.1 Å². The molecule has 188 valence electrons. The van der Waals surface area contributed by atoms with E-state index in [0.717, 1.165) is 92.5 Å². The van der Waals surface area contributed by atoms with E-state index in [2.05, 4.69) is 31.2 Å². The highest BCUT2D eigenvalue weighted by molar-refractivity contribution is 5.98. The number of fused-ring (bicyclic) bond motifs is 2. The molecule has 0 bridgehead atoms. The smallest absolute Gasteiger partial charge is 0.251 e. The minimum atomic E-state index is 0.0334. The first-order chi connectivity index (χ1) is 17.7. The molecular formula is C29H35N5O2. The van der Waals surface area contributed by atoms with Gasteiger partial charge in [0, 0.05) is 67.5 Å². The Morgan fingerprint density at radius 2 is 1.86 bits per heavy atom. The molecule has 36 heavy (non-hydrogen) atoms. The summed E-state index contributed by atoms with van der Waals surface area (Å²) in [5.41, 5.74) is 2.94. The molecule has 6 rings (SSSR count). The molecule has 1 amide bonds.